The second kappa shape index (κ2) is 5.64. The van der Waals surface area contributed by atoms with Gasteiger partial charge in [0.1, 0.15) is 5.82 Å². The van der Waals surface area contributed by atoms with Crippen molar-refractivity contribution in [2.75, 3.05) is 0 Å². The molecular formula is C17H13FN4O. The normalized spacial score (nSPS) is 11.2. The first-order valence-corrected chi connectivity index (χ1v) is 7.28. The van der Waals surface area contributed by atoms with Gasteiger partial charge in [-0.1, -0.05) is 12.1 Å². The molecule has 0 bridgehead atoms. The van der Waals surface area contributed by atoms with Crippen LogP contribution in [0, 0.1) is 5.82 Å². The van der Waals surface area contributed by atoms with E-state index in [-0.39, 0.29) is 5.82 Å². The Labute approximate surface area is 131 Å². The zero-order valence-corrected chi connectivity index (χ0v) is 12.2. The molecule has 0 spiro atoms. The van der Waals surface area contributed by atoms with Crippen LogP contribution in [-0.2, 0) is 12.8 Å². The van der Waals surface area contributed by atoms with Gasteiger partial charge in [-0.2, -0.15) is 5.10 Å². The molecule has 0 aliphatic rings. The molecule has 5 nitrogen and oxygen atoms in total. The average molecular weight is 308 g/mol. The van der Waals surface area contributed by atoms with E-state index in [9.17, 15) is 4.39 Å². The summed E-state index contributed by atoms with van der Waals surface area (Å²) in [6.45, 7) is 0. The highest BCUT2D eigenvalue weighted by Gasteiger charge is 2.10. The molecule has 0 saturated heterocycles. The lowest BCUT2D eigenvalue weighted by Gasteiger charge is -1.98. The molecule has 2 aromatic heterocycles. The number of H-pyrrole nitrogens is 1. The van der Waals surface area contributed by atoms with E-state index < -0.39 is 0 Å². The van der Waals surface area contributed by atoms with Crippen LogP contribution in [0.2, 0.25) is 0 Å². The first-order valence-electron chi connectivity index (χ1n) is 7.28. The molecule has 4 rings (SSSR count). The SMILES string of the molecule is Fc1cccc(CCc2nnc(-c3ccc4[nH]ncc4c3)o2)c1. The Balaban J connectivity index is 1.52. The second-order valence-corrected chi connectivity index (χ2v) is 5.30. The van der Waals surface area contributed by atoms with Crippen LogP contribution in [0.15, 0.2) is 53.1 Å². The summed E-state index contributed by atoms with van der Waals surface area (Å²) in [5, 5.41) is 16.0. The lowest BCUT2D eigenvalue weighted by molar-refractivity contribution is 0.504. The van der Waals surface area contributed by atoms with Gasteiger partial charge in [0.15, 0.2) is 0 Å². The van der Waals surface area contributed by atoms with Gasteiger partial charge in [-0.05, 0) is 42.3 Å². The van der Waals surface area contributed by atoms with Gasteiger partial charge in [0.25, 0.3) is 0 Å². The van der Waals surface area contributed by atoms with Crippen LogP contribution in [-0.4, -0.2) is 20.4 Å². The fraction of sp³-hybridized carbons (Fsp3) is 0.118. The summed E-state index contributed by atoms with van der Waals surface area (Å²) >= 11 is 0. The number of nitrogens with zero attached hydrogens (tertiary/aromatic N) is 3. The van der Waals surface area contributed by atoms with Crippen LogP contribution in [0.3, 0.4) is 0 Å². The van der Waals surface area contributed by atoms with Crippen LogP contribution in [0.4, 0.5) is 4.39 Å². The molecule has 0 atom stereocenters. The zero-order valence-electron chi connectivity index (χ0n) is 12.2. The topological polar surface area (TPSA) is 67.6 Å². The standard InChI is InChI=1S/C17H13FN4O/c18-14-3-1-2-11(8-14)4-7-16-21-22-17(23-16)12-5-6-15-13(9-12)10-19-20-15/h1-3,5-6,8-10H,4,7H2,(H,19,20). The molecule has 114 valence electrons. The minimum Gasteiger partial charge on any atom is -0.421 e. The number of nitrogens with one attached hydrogen (secondary N) is 1. The van der Waals surface area contributed by atoms with E-state index >= 15 is 0 Å². The van der Waals surface area contributed by atoms with Crippen molar-refractivity contribution in [1.82, 2.24) is 20.4 Å². The molecular weight excluding hydrogens is 295 g/mol. The number of halogens is 1. The van der Waals surface area contributed by atoms with Crippen molar-refractivity contribution in [2.45, 2.75) is 12.8 Å². The molecule has 23 heavy (non-hydrogen) atoms. The first kappa shape index (κ1) is 13.6. The largest absolute Gasteiger partial charge is 0.421 e. The maximum atomic E-state index is 13.2. The highest BCUT2D eigenvalue weighted by atomic mass is 19.1. The molecule has 6 heteroatoms. The molecule has 0 fully saturated rings. The lowest BCUT2D eigenvalue weighted by Crippen LogP contribution is -1.92. The van der Waals surface area contributed by atoms with Crippen LogP contribution < -0.4 is 0 Å². The molecule has 1 N–H and O–H groups in total. The van der Waals surface area contributed by atoms with Crippen LogP contribution in [0.5, 0.6) is 0 Å². The van der Waals surface area contributed by atoms with Crippen LogP contribution in [0.1, 0.15) is 11.5 Å². The van der Waals surface area contributed by atoms with E-state index in [1.54, 1.807) is 12.3 Å². The molecule has 0 radical (unpaired) electrons. The Morgan fingerprint density at radius 2 is 2.00 bits per heavy atom. The summed E-state index contributed by atoms with van der Waals surface area (Å²) in [7, 11) is 0. The quantitative estimate of drug-likeness (QED) is 0.626. The molecule has 0 unspecified atom stereocenters. The van der Waals surface area contributed by atoms with Gasteiger partial charge in [0, 0.05) is 17.4 Å². The lowest BCUT2D eigenvalue weighted by atomic mass is 10.1. The van der Waals surface area contributed by atoms with Gasteiger partial charge >= 0.3 is 0 Å². The first-order chi connectivity index (χ1) is 11.3. The number of rotatable bonds is 4. The monoisotopic (exact) mass is 308 g/mol. The van der Waals surface area contributed by atoms with E-state index in [0.717, 1.165) is 22.0 Å². The van der Waals surface area contributed by atoms with Gasteiger partial charge in [0.05, 0.1) is 11.7 Å². The van der Waals surface area contributed by atoms with Gasteiger partial charge < -0.3 is 4.42 Å². The Morgan fingerprint density at radius 3 is 2.91 bits per heavy atom. The number of aromatic amines is 1. The number of hydrogen-bond acceptors (Lipinski definition) is 4. The highest BCUT2D eigenvalue weighted by molar-refractivity contribution is 5.82. The molecule has 0 saturated carbocycles. The summed E-state index contributed by atoms with van der Waals surface area (Å²) in [6, 6.07) is 12.3. The summed E-state index contributed by atoms with van der Waals surface area (Å²) in [4.78, 5) is 0. The van der Waals surface area contributed by atoms with Gasteiger partial charge in [-0.25, -0.2) is 4.39 Å². The Hall–Kier alpha value is -3.02. The Morgan fingerprint density at radius 1 is 1.04 bits per heavy atom. The number of aromatic nitrogens is 4. The van der Waals surface area contributed by atoms with Crippen molar-refractivity contribution in [3.8, 4) is 11.5 Å². The molecule has 0 aliphatic heterocycles. The third kappa shape index (κ3) is 2.83. The van der Waals surface area contributed by atoms with Crippen molar-refractivity contribution in [3.63, 3.8) is 0 Å². The summed E-state index contributed by atoms with van der Waals surface area (Å²) in [5.74, 6) is 0.779. The number of hydrogen-bond donors (Lipinski definition) is 1. The average Bonchev–Trinajstić information content (AvgIpc) is 3.21. The molecule has 2 heterocycles. The molecule has 0 amide bonds. The predicted octanol–water partition coefficient (Wildman–Crippen LogP) is 3.54. The molecule has 0 aliphatic carbocycles. The van der Waals surface area contributed by atoms with Crippen LogP contribution in [0.25, 0.3) is 22.4 Å². The van der Waals surface area contributed by atoms with E-state index in [2.05, 4.69) is 20.4 Å². The third-order valence-corrected chi connectivity index (χ3v) is 3.67. The summed E-state index contributed by atoms with van der Waals surface area (Å²) < 4.78 is 18.9. The maximum Gasteiger partial charge on any atom is 0.247 e. The minimum absolute atomic E-state index is 0.234. The van der Waals surface area contributed by atoms with Crippen molar-refractivity contribution in [3.05, 3.63) is 65.9 Å². The maximum absolute atomic E-state index is 13.2. The predicted molar refractivity (Wildman–Crippen MR) is 83.2 cm³/mol. The van der Waals surface area contributed by atoms with E-state index in [0.29, 0.717) is 24.6 Å². The number of fused-ring (bicyclic) bond motifs is 1. The number of aryl methyl sites for hydroxylation is 2. The third-order valence-electron chi connectivity index (χ3n) is 3.67. The molecule has 2 aromatic carbocycles. The second-order valence-electron chi connectivity index (χ2n) is 5.30. The summed E-state index contributed by atoms with van der Waals surface area (Å²) in [6.07, 6.45) is 2.98. The minimum atomic E-state index is -0.234. The fourth-order valence-corrected chi connectivity index (χ4v) is 2.49. The van der Waals surface area contributed by atoms with Gasteiger partial charge in [0.2, 0.25) is 11.8 Å². The Kier molecular flexibility index (Phi) is 3.34. The molecule has 4 aromatic rings. The van der Waals surface area contributed by atoms with E-state index in [1.165, 1.54) is 12.1 Å². The van der Waals surface area contributed by atoms with Crippen molar-refractivity contribution < 1.29 is 8.81 Å². The van der Waals surface area contributed by atoms with E-state index in [1.807, 2.05) is 24.3 Å². The van der Waals surface area contributed by atoms with Gasteiger partial charge in [-0.15, -0.1) is 10.2 Å². The summed E-state index contributed by atoms with van der Waals surface area (Å²) in [5.41, 5.74) is 2.72. The van der Waals surface area contributed by atoms with Crippen molar-refractivity contribution in [2.24, 2.45) is 0 Å². The fourth-order valence-electron chi connectivity index (χ4n) is 2.49. The van der Waals surface area contributed by atoms with Crippen molar-refractivity contribution in [1.29, 1.82) is 0 Å². The van der Waals surface area contributed by atoms with Gasteiger partial charge in [-0.3, -0.25) is 5.10 Å². The highest BCUT2D eigenvalue weighted by Crippen LogP contribution is 2.22. The smallest absolute Gasteiger partial charge is 0.247 e. The number of benzene rings is 2. The Bertz CT molecular complexity index is 960. The van der Waals surface area contributed by atoms with Crippen molar-refractivity contribution >= 4 is 10.9 Å². The van der Waals surface area contributed by atoms with Crippen LogP contribution >= 0.6 is 0 Å². The zero-order chi connectivity index (χ0) is 15.6. The van der Waals surface area contributed by atoms with E-state index in [4.69, 9.17) is 4.42 Å².